The van der Waals surface area contributed by atoms with E-state index in [1.54, 1.807) is 6.20 Å². The number of aromatic amines is 1. The molecule has 0 aliphatic rings. The van der Waals surface area contributed by atoms with E-state index in [4.69, 9.17) is 10.5 Å². The van der Waals surface area contributed by atoms with Gasteiger partial charge >= 0.3 is 0 Å². The van der Waals surface area contributed by atoms with Gasteiger partial charge in [-0.2, -0.15) is 5.10 Å². The molecular formula is C12H15N3O. The molecular weight excluding hydrogens is 202 g/mol. The first-order valence-electron chi connectivity index (χ1n) is 5.25. The minimum atomic E-state index is 0.634. The predicted molar refractivity (Wildman–Crippen MR) is 62.8 cm³/mol. The molecule has 0 amide bonds. The van der Waals surface area contributed by atoms with E-state index in [-0.39, 0.29) is 0 Å². The first-order chi connectivity index (χ1) is 7.86. The molecule has 84 valence electrons. The molecule has 4 heteroatoms. The van der Waals surface area contributed by atoms with Crippen LogP contribution in [0, 0.1) is 0 Å². The molecule has 0 saturated heterocycles. The standard InChI is InChI=1S/C12H15N3O/c13-11-8-14-15-12(11)6-7-16-9-10-4-2-1-3-5-10/h1-5,8H,6-7,9,13H2,(H,14,15). The topological polar surface area (TPSA) is 63.9 Å². The van der Waals surface area contributed by atoms with Crippen molar-refractivity contribution in [3.05, 3.63) is 47.8 Å². The fourth-order valence-corrected chi connectivity index (χ4v) is 1.46. The molecule has 0 fully saturated rings. The molecule has 1 aromatic heterocycles. The second-order valence-electron chi connectivity index (χ2n) is 3.59. The molecule has 0 atom stereocenters. The maximum atomic E-state index is 5.68. The predicted octanol–water partition coefficient (Wildman–Crippen LogP) is 1.75. The fraction of sp³-hybridized carbons (Fsp3) is 0.250. The van der Waals surface area contributed by atoms with Crippen molar-refractivity contribution in [3.8, 4) is 0 Å². The van der Waals surface area contributed by atoms with Gasteiger partial charge < -0.3 is 10.5 Å². The van der Waals surface area contributed by atoms with E-state index in [1.165, 1.54) is 5.56 Å². The molecule has 0 aliphatic heterocycles. The summed E-state index contributed by atoms with van der Waals surface area (Å²) in [5.41, 5.74) is 8.50. The van der Waals surface area contributed by atoms with E-state index < -0.39 is 0 Å². The number of anilines is 1. The van der Waals surface area contributed by atoms with Crippen molar-refractivity contribution in [1.82, 2.24) is 10.2 Å². The summed E-state index contributed by atoms with van der Waals surface area (Å²) in [4.78, 5) is 0. The molecule has 4 nitrogen and oxygen atoms in total. The van der Waals surface area contributed by atoms with Crippen molar-refractivity contribution in [2.24, 2.45) is 0 Å². The second-order valence-corrected chi connectivity index (χ2v) is 3.59. The van der Waals surface area contributed by atoms with Crippen LogP contribution in [0.5, 0.6) is 0 Å². The van der Waals surface area contributed by atoms with Crippen LogP contribution in [0.25, 0.3) is 0 Å². The van der Waals surface area contributed by atoms with Crippen LogP contribution in [0.4, 0.5) is 5.69 Å². The van der Waals surface area contributed by atoms with Crippen molar-refractivity contribution < 1.29 is 4.74 Å². The maximum Gasteiger partial charge on any atom is 0.0731 e. The Balaban J connectivity index is 1.72. The third-order valence-electron chi connectivity index (χ3n) is 2.36. The van der Waals surface area contributed by atoms with Gasteiger partial charge in [0.2, 0.25) is 0 Å². The Morgan fingerprint density at radius 1 is 1.25 bits per heavy atom. The Kier molecular flexibility index (Phi) is 3.56. The highest BCUT2D eigenvalue weighted by Crippen LogP contribution is 2.07. The molecule has 0 spiro atoms. The number of ether oxygens (including phenoxy) is 1. The zero-order chi connectivity index (χ0) is 11.2. The number of rotatable bonds is 5. The number of nitrogens with one attached hydrogen (secondary N) is 1. The van der Waals surface area contributed by atoms with Crippen LogP contribution in [0.15, 0.2) is 36.5 Å². The Hall–Kier alpha value is -1.81. The molecule has 3 N–H and O–H groups in total. The Labute approximate surface area is 94.4 Å². The fourth-order valence-electron chi connectivity index (χ4n) is 1.46. The number of aromatic nitrogens is 2. The van der Waals surface area contributed by atoms with Crippen LogP contribution >= 0.6 is 0 Å². The molecule has 0 saturated carbocycles. The number of benzene rings is 1. The largest absolute Gasteiger partial charge is 0.396 e. The van der Waals surface area contributed by atoms with Gasteiger partial charge in [-0.25, -0.2) is 0 Å². The van der Waals surface area contributed by atoms with E-state index in [2.05, 4.69) is 10.2 Å². The number of nitrogens with zero attached hydrogens (tertiary/aromatic N) is 1. The van der Waals surface area contributed by atoms with E-state index in [0.29, 0.717) is 18.9 Å². The van der Waals surface area contributed by atoms with Crippen LogP contribution in [0.3, 0.4) is 0 Å². The number of H-pyrrole nitrogens is 1. The Morgan fingerprint density at radius 3 is 2.75 bits per heavy atom. The molecule has 1 aromatic carbocycles. The number of hydrogen-bond acceptors (Lipinski definition) is 3. The first kappa shape index (κ1) is 10.7. The SMILES string of the molecule is Nc1cn[nH]c1CCOCc1ccccc1. The average Bonchev–Trinajstić information content (AvgIpc) is 2.72. The van der Waals surface area contributed by atoms with Crippen LogP contribution in [-0.4, -0.2) is 16.8 Å². The summed E-state index contributed by atoms with van der Waals surface area (Å²) >= 11 is 0. The van der Waals surface area contributed by atoms with Crippen LogP contribution in [0.1, 0.15) is 11.3 Å². The summed E-state index contributed by atoms with van der Waals surface area (Å²) in [5, 5.41) is 6.70. The summed E-state index contributed by atoms with van der Waals surface area (Å²) in [6.07, 6.45) is 2.38. The molecule has 0 bridgehead atoms. The highest BCUT2D eigenvalue weighted by atomic mass is 16.5. The molecule has 2 aromatic rings. The van der Waals surface area contributed by atoms with E-state index >= 15 is 0 Å². The number of nitrogens with two attached hydrogens (primary N) is 1. The maximum absolute atomic E-state index is 5.68. The van der Waals surface area contributed by atoms with Gasteiger partial charge in [0.15, 0.2) is 0 Å². The van der Waals surface area contributed by atoms with Gasteiger partial charge in [-0.05, 0) is 5.56 Å². The van der Waals surface area contributed by atoms with Gasteiger partial charge in [0.05, 0.1) is 30.8 Å². The normalized spacial score (nSPS) is 10.5. The van der Waals surface area contributed by atoms with Crippen LogP contribution in [0.2, 0.25) is 0 Å². The Bertz CT molecular complexity index is 425. The Morgan fingerprint density at radius 2 is 2.06 bits per heavy atom. The summed E-state index contributed by atoms with van der Waals surface area (Å²) < 4.78 is 5.54. The third kappa shape index (κ3) is 2.84. The molecule has 1 heterocycles. The lowest BCUT2D eigenvalue weighted by Gasteiger charge is -2.03. The van der Waals surface area contributed by atoms with Crippen molar-refractivity contribution >= 4 is 5.69 Å². The lowest BCUT2D eigenvalue weighted by molar-refractivity contribution is 0.123. The minimum absolute atomic E-state index is 0.634. The number of hydrogen-bond donors (Lipinski definition) is 2. The minimum Gasteiger partial charge on any atom is -0.396 e. The molecule has 16 heavy (non-hydrogen) atoms. The average molecular weight is 217 g/mol. The van der Waals surface area contributed by atoms with Crippen LogP contribution < -0.4 is 5.73 Å². The van der Waals surface area contributed by atoms with Gasteiger partial charge in [0.25, 0.3) is 0 Å². The zero-order valence-electron chi connectivity index (χ0n) is 9.02. The van der Waals surface area contributed by atoms with Gasteiger partial charge in [-0.15, -0.1) is 0 Å². The lowest BCUT2D eigenvalue weighted by Crippen LogP contribution is -2.01. The molecule has 0 aliphatic carbocycles. The van der Waals surface area contributed by atoms with Gasteiger partial charge in [0.1, 0.15) is 0 Å². The smallest absolute Gasteiger partial charge is 0.0731 e. The van der Waals surface area contributed by atoms with Crippen molar-refractivity contribution in [1.29, 1.82) is 0 Å². The van der Waals surface area contributed by atoms with Gasteiger partial charge in [-0.3, -0.25) is 5.10 Å². The summed E-state index contributed by atoms with van der Waals surface area (Å²) in [6, 6.07) is 10.1. The summed E-state index contributed by atoms with van der Waals surface area (Å²) in [5.74, 6) is 0. The first-order valence-corrected chi connectivity index (χ1v) is 5.25. The van der Waals surface area contributed by atoms with Crippen LogP contribution in [-0.2, 0) is 17.8 Å². The molecule has 0 radical (unpaired) electrons. The molecule has 0 unspecified atom stereocenters. The van der Waals surface area contributed by atoms with Crippen molar-refractivity contribution in [2.45, 2.75) is 13.0 Å². The van der Waals surface area contributed by atoms with Gasteiger partial charge in [-0.1, -0.05) is 30.3 Å². The zero-order valence-corrected chi connectivity index (χ0v) is 9.02. The van der Waals surface area contributed by atoms with E-state index in [9.17, 15) is 0 Å². The van der Waals surface area contributed by atoms with E-state index in [1.807, 2.05) is 30.3 Å². The van der Waals surface area contributed by atoms with Gasteiger partial charge in [0, 0.05) is 6.42 Å². The van der Waals surface area contributed by atoms with E-state index in [0.717, 1.165) is 12.1 Å². The van der Waals surface area contributed by atoms with Crippen molar-refractivity contribution in [3.63, 3.8) is 0 Å². The molecule has 2 rings (SSSR count). The highest BCUT2D eigenvalue weighted by Gasteiger charge is 2.00. The monoisotopic (exact) mass is 217 g/mol. The van der Waals surface area contributed by atoms with Crippen molar-refractivity contribution in [2.75, 3.05) is 12.3 Å². The lowest BCUT2D eigenvalue weighted by atomic mass is 10.2. The highest BCUT2D eigenvalue weighted by molar-refractivity contribution is 5.39. The second kappa shape index (κ2) is 5.32. The summed E-state index contributed by atoms with van der Waals surface area (Å²) in [7, 11) is 0. The summed E-state index contributed by atoms with van der Waals surface area (Å²) in [6.45, 7) is 1.27. The third-order valence-corrected chi connectivity index (χ3v) is 2.36. The number of nitrogen functional groups attached to an aromatic ring is 1. The quantitative estimate of drug-likeness (QED) is 0.750.